The second kappa shape index (κ2) is 5.30. The van der Waals surface area contributed by atoms with E-state index in [1.165, 1.54) is 14.2 Å². The fourth-order valence-corrected chi connectivity index (χ4v) is 1.41. The Balaban J connectivity index is 2.33. The van der Waals surface area contributed by atoms with Crippen molar-refractivity contribution in [1.82, 2.24) is 4.98 Å². The number of carboxylic acid groups (broad SMARTS) is 1. The van der Waals surface area contributed by atoms with Gasteiger partial charge in [0.15, 0.2) is 17.2 Å². The van der Waals surface area contributed by atoms with Gasteiger partial charge in [0.1, 0.15) is 6.26 Å². The van der Waals surface area contributed by atoms with E-state index < -0.39 is 5.97 Å². The molecule has 1 heterocycles. The minimum atomic E-state index is -1.20. The second-order valence-electron chi connectivity index (χ2n) is 3.40. The van der Waals surface area contributed by atoms with E-state index in [0.29, 0.717) is 11.5 Å². The standard InChI is InChI=1S/C12H11NO6/c1-16-8-4-3-5-9(17-2)10(8)19-12-13-7(6-18-12)11(14)15/h3-6H,1-2H3,(H,14,15). The van der Waals surface area contributed by atoms with Gasteiger partial charge in [-0.3, -0.25) is 0 Å². The highest BCUT2D eigenvalue weighted by Gasteiger charge is 2.17. The Morgan fingerprint density at radius 3 is 2.37 bits per heavy atom. The Labute approximate surface area is 108 Å². The lowest BCUT2D eigenvalue weighted by Crippen LogP contribution is -1.97. The number of hydrogen-bond acceptors (Lipinski definition) is 6. The Bertz CT molecular complexity index is 569. The molecule has 0 aliphatic heterocycles. The molecule has 100 valence electrons. The second-order valence-corrected chi connectivity index (χ2v) is 3.40. The van der Waals surface area contributed by atoms with Crippen LogP contribution in [0.1, 0.15) is 10.5 Å². The van der Waals surface area contributed by atoms with Gasteiger partial charge >= 0.3 is 12.0 Å². The third kappa shape index (κ3) is 2.59. The van der Waals surface area contributed by atoms with Crippen LogP contribution in [0.25, 0.3) is 0 Å². The zero-order chi connectivity index (χ0) is 13.8. The van der Waals surface area contributed by atoms with E-state index in [2.05, 4.69) is 4.98 Å². The molecule has 0 aliphatic rings. The van der Waals surface area contributed by atoms with Gasteiger partial charge in [-0.1, -0.05) is 6.07 Å². The zero-order valence-corrected chi connectivity index (χ0v) is 10.2. The van der Waals surface area contributed by atoms with E-state index in [4.69, 9.17) is 23.7 Å². The van der Waals surface area contributed by atoms with E-state index in [-0.39, 0.29) is 17.5 Å². The summed E-state index contributed by atoms with van der Waals surface area (Å²) in [6, 6.07) is 5.06. The first-order chi connectivity index (χ1) is 9.15. The molecule has 7 heteroatoms. The summed E-state index contributed by atoms with van der Waals surface area (Å²) in [6.07, 6.45) is 0.778. The van der Waals surface area contributed by atoms with Crippen molar-refractivity contribution in [1.29, 1.82) is 0 Å². The Kier molecular flexibility index (Phi) is 3.56. The number of aromatic carboxylic acids is 1. The lowest BCUT2D eigenvalue weighted by atomic mass is 10.3. The van der Waals surface area contributed by atoms with Gasteiger partial charge in [-0.25, -0.2) is 4.79 Å². The van der Waals surface area contributed by atoms with Crippen LogP contribution in [0.4, 0.5) is 0 Å². The normalized spacial score (nSPS) is 10.0. The van der Waals surface area contributed by atoms with Crippen LogP contribution < -0.4 is 14.2 Å². The van der Waals surface area contributed by atoms with Crippen LogP contribution in [-0.4, -0.2) is 30.3 Å². The number of oxazole rings is 1. The fraction of sp³-hybridized carbons (Fsp3) is 0.167. The third-order valence-electron chi connectivity index (χ3n) is 2.27. The molecule has 0 atom stereocenters. The number of carboxylic acids is 1. The number of para-hydroxylation sites is 1. The summed E-state index contributed by atoms with van der Waals surface area (Å²) < 4.78 is 20.5. The molecule has 0 radical (unpaired) electrons. The molecule has 2 rings (SSSR count). The number of methoxy groups -OCH3 is 2. The first-order valence-corrected chi connectivity index (χ1v) is 5.23. The van der Waals surface area contributed by atoms with Crippen molar-refractivity contribution in [3.8, 4) is 23.3 Å². The molecule has 0 saturated heterocycles. The molecular weight excluding hydrogens is 254 g/mol. The number of carbonyl (C=O) groups is 1. The molecule has 1 aromatic carbocycles. The molecule has 0 bridgehead atoms. The topological polar surface area (TPSA) is 91.0 Å². The van der Waals surface area contributed by atoms with Crippen LogP contribution in [0, 0.1) is 0 Å². The Morgan fingerprint density at radius 1 is 1.26 bits per heavy atom. The minimum absolute atomic E-state index is 0.208. The molecule has 0 aliphatic carbocycles. The van der Waals surface area contributed by atoms with Crippen LogP contribution in [-0.2, 0) is 0 Å². The van der Waals surface area contributed by atoms with Gasteiger partial charge in [0, 0.05) is 0 Å². The van der Waals surface area contributed by atoms with Crippen LogP contribution >= 0.6 is 0 Å². The maximum Gasteiger partial charge on any atom is 0.400 e. The van der Waals surface area contributed by atoms with E-state index in [0.717, 1.165) is 6.26 Å². The lowest BCUT2D eigenvalue weighted by molar-refractivity contribution is 0.0690. The summed E-state index contributed by atoms with van der Waals surface area (Å²) in [5.41, 5.74) is -0.246. The van der Waals surface area contributed by atoms with Gasteiger partial charge in [-0.05, 0) is 12.1 Å². The molecule has 0 amide bonds. The van der Waals surface area contributed by atoms with Crippen molar-refractivity contribution in [2.24, 2.45) is 0 Å². The van der Waals surface area contributed by atoms with Crippen molar-refractivity contribution in [3.05, 3.63) is 30.2 Å². The first kappa shape index (κ1) is 12.7. The van der Waals surface area contributed by atoms with E-state index in [1.807, 2.05) is 0 Å². The average Bonchev–Trinajstić information content (AvgIpc) is 2.87. The molecule has 0 spiro atoms. The number of ether oxygens (including phenoxy) is 3. The quantitative estimate of drug-likeness (QED) is 0.885. The minimum Gasteiger partial charge on any atom is -0.493 e. The van der Waals surface area contributed by atoms with Crippen molar-refractivity contribution in [3.63, 3.8) is 0 Å². The lowest BCUT2D eigenvalue weighted by Gasteiger charge is -2.11. The smallest absolute Gasteiger partial charge is 0.400 e. The van der Waals surface area contributed by atoms with Crippen LogP contribution in [0.3, 0.4) is 0 Å². The maximum atomic E-state index is 10.7. The molecule has 0 saturated carbocycles. The van der Waals surface area contributed by atoms with Gasteiger partial charge in [0.25, 0.3) is 0 Å². The molecule has 1 aromatic heterocycles. The van der Waals surface area contributed by atoms with Gasteiger partial charge in [0.2, 0.25) is 5.75 Å². The zero-order valence-electron chi connectivity index (χ0n) is 10.2. The monoisotopic (exact) mass is 265 g/mol. The summed E-state index contributed by atoms with van der Waals surface area (Å²) in [4.78, 5) is 14.3. The average molecular weight is 265 g/mol. The van der Waals surface area contributed by atoms with E-state index in [1.54, 1.807) is 18.2 Å². The highest BCUT2D eigenvalue weighted by Crippen LogP contribution is 2.39. The van der Waals surface area contributed by atoms with Crippen molar-refractivity contribution in [2.45, 2.75) is 0 Å². The Hall–Kier alpha value is -2.70. The van der Waals surface area contributed by atoms with Gasteiger partial charge in [0.05, 0.1) is 14.2 Å². The highest BCUT2D eigenvalue weighted by molar-refractivity contribution is 5.84. The SMILES string of the molecule is COc1cccc(OC)c1Oc1nc(C(=O)O)co1. The van der Waals surface area contributed by atoms with Crippen LogP contribution in [0.2, 0.25) is 0 Å². The van der Waals surface area contributed by atoms with E-state index >= 15 is 0 Å². The Morgan fingerprint density at radius 2 is 1.89 bits per heavy atom. The van der Waals surface area contributed by atoms with Gasteiger partial charge in [-0.2, -0.15) is 4.98 Å². The molecular formula is C12H11NO6. The summed E-state index contributed by atoms with van der Waals surface area (Å²) in [6.45, 7) is 0. The molecule has 19 heavy (non-hydrogen) atoms. The molecule has 0 unspecified atom stereocenters. The highest BCUT2D eigenvalue weighted by atomic mass is 16.6. The summed E-state index contributed by atoms with van der Waals surface area (Å²) in [5, 5.41) is 8.74. The largest absolute Gasteiger partial charge is 0.493 e. The number of hydrogen-bond donors (Lipinski definition) is 1. The molecule has 0 fully saturated rings. The van der Waals surface area contributed by atoms with Crippen LogP contribution in [0.15, 0.2) is 28.9 Å². The summed E-state index contributed by atoms with van der Waals surface area (Å²) in [5.74, 6) is -0.124. The number of aromatic nitrogens is 1. The van der Waals surface area contributed by atoms with Crippen molar-refractivity contribution >= 4 is 5.97 Å². The maximum absolute atomic E-state index is 10.7. The van der Waals surface area contributed by atoms with E-state index in [9.17, 15) is 4.79 Å². The number of nitrogens with zero attached hydrogens (tertiary/aromatic N) is 1. The first-order valence-electron chi connectivity index (χ1n) is 5.23. The summed E-state index contributed by atoms with van der Waals surface area (Å²) >= 11 is 0. The summed E-state index contributed by atoms with van der Waals surface area (Å²) in [7, 11) is 2.94. The fourth-order valence-electron chi connectivity index (χ4n) is 1.41. The predicted molar refractivity (Wildman–Crippen MR) is 63.1 cm³/mol. The number of benzene rings is 1. The van der Waals surface area contributed by atoms with Crippen molar-refractivity contribution < 1.29 is 28.5 Å². The predicted octanol–water partition coefficient (Wildman–Crippen LogP) is 2.18. The van der Waals surface area contributed by atoms with Gasteiger partial charge < -0.3 is 23.7 Å². The number of rotatable bonds is 5. The molecule has 1 N–H and O–H groups in total. The van der Waals surface area contributed by atoms with Gasteiger partial charge in [-0.15, -0.1) is 0 Å². The molecule has 2 aromatic rings. The van der Waals surface area contributed by atoms with Crippen molar-refractivity contribution in [2.75, 3.05) is 14.2 Å². The molecule has 7 nitrogen and oxygen atoms in total. The third-order valence-corrected chi connectivity index (χ3v) is 2.27. The van der Waals surface area contributed by atoms with Crippen LogP contribution in [0.5, 0.6) is 23.3 Å².